The highest BCUT2D eigenvalue weighted by molar-refractivity contribution is 6.02. The first-order valence-corrected chi connectivity index (χ1v) is 7.70. The second-order valence-electron chi connectivity index (χ2n) is 6.10. The maximum atomic E-state index is 12.0. The van der Waals surface area contributed by atoms with Gasteiger partial charge in [0.1, 0.15) is 6.61 Å². The van der Waals surface area contributed by atoms with Crippen LogP contribution >= 0.6 is 0 Å². The van der Waals surface area contributed by atoms with Crippen LogP contribution in [0.15, 0.2) is 11.1 Å². The molecule has 1 rings (SSSR count). The summed E-state index contributed by atoms with van der Waals surface area (Å²) >= 11 is 0. The molecule has 0 bridgehead atoms. The zero-order valence-corrected chi connectivity index (χ0v) is 13.5. The molecule has 0 aromatic carbocycles. The van der Waals surface area contributed by atoms with Crippen LogP contribution in [-0.2, 0) is 19.1 Å². The van der Waals surface area contributed by atoms with Crippen LogP contribution in [0.4, 0.5) is 0 Å². The number of carboxylic acid groups (broad SMARTS) is 1. The Morgan fingerprint density at radius 1 is 1.18 bits per heavy atom. The number of ether oxygens (including phenoxy) is 1. The molecule has 0 aromatic rings. The summed E-state index contributed by atoms with van der Waals surface area (Å²) in [5.41, 5.74) is 0.0127. The lowest BCUT2D eigenvalue weighted by molar-refractivity contribution is -0.154. The number of hydrogen-bond acceptors (Lipinski definition) is 4. The Morgan fingerprint density at radius 3 is 2.32 bits per heavy atom. The van der Waals surface area contributed by atoms with E-state index in [1.165, 1.54) is 0 Å². The van der Waals surface area contributed by atoms with E-state index in [4.69, 9.17) is 9.84 Å². The van der Waals surface area contributed by atoms with Crippen LogP contribution in [0.3, 0.4) is 0 Å². The molecule has 0 heterocycles. The highest BCUT2D eigenvalue weighted by Crippen LogP contribution is 2.25. The first kappa shape index (κ1) is 18.2. The van der Waals surface area contributed by atoms with Gasteiger partial charge >= 0.3 is 11.9 Å². The summed E-state index contributed by atoms with van der Waals surface area (Å²) in [6.45, 7) is 5.79. The van der Waals surface area contributed by atoms with E-state index in [2.05, 4.69) is 5.32 Å². The second-order valence-corrected chi connectivity index (χ2v) is 6.10. The lowest BCUT2D eigenvalue weighted by Crippen LogP contribution is -2.33. The summed E-state index contributed by atoms with van der Waals surface area (Å²) in [4.78, 5) is 34.9. The van der Waals surface area contributed by atoms with Gasteiger partial charge in [0.25, 0.3) is 0 Å². The van der Waals surface area contributed by atoms with Gasteiger partial charge in [-0.15, -0.1) is 0 Å². The fraction of sp³-hybridized carbons (Fsp3) is 0.688. The Balaban J connectivity index is 2.47. The molecule has 0 saturated carbocycles. The lowest BCUT2D eigenvalue weighted by atomic mass is 9.91. The maximum absolute atomic E-state index is 12.0. The summed E-state index contributed by atoms with van der Waals surface area (Å²) in [6, 6.07) is 0. The van der Waals surface area contributed by atoms with E-state index in [1.54, 1.807) is 13.8 Å². The average molecular weight is 311 g/mol. The molecule has 6 nitrogen and oxygen atoms in total. The Kier molecular flexibility index (Phi) is 6.59. The van der Waals surface area contributed by atoms with Crippen molar-refractivity contribution in [1.82, 2.24) is 5.32 Å². The molecule has 1 amide bonds. The summed E-state index contributed by atoms with van der Waals surface area (Å²) in [7, 11) is 0. The molecule has 0 aromatic heterocycles. The van der Waals surface area contributed by atoms with Crippen LogP contribution in [-0.4, -0.2) is 36.1 Å². The lowest BCUT2D eigenvalue weighted by Gasteiger charge is -2.20. The van der Waals surface area contributed by atoms with Gasteiger partial charge < -0.3 is 15.2 Å². The third kappa shape index (κ3) is 4.86. The summed E-state index contributed by atoms with van der Waals surface area (Å²) in [5.74, 6) is -1.70. The van der Waals surface area contributed by atoms with Crippen molar-refractivity contribution >= 4 is 17.8 Å². The molecule has 0 aliphatic heterocycles. The number of carbonyl (C=O) groups excluding carboxylic acids is 2. The van der Waals surface area contributed by atoms with Crippen LogP contribution in [0.25, 0.3) is 0 Å². The van der Waals surface area contributed by atoms with Gasteiger partial charge in [0.15, 0.2) is 0 Å². The van der Waals surface area contributed by atoms with Gasteiger partial charge in [0, 0.05) is 11.1 Å². The van der Waals surface area contributed by atoms with Gasteiger partial charge in [-0.05, 0) is 46.0 Å². The molecule has 1 aliphatic carbocycles. The Morgan fingerprint density at radius 2 is 1.77 bits per heavy atom. The van der Waals surface area contributed by atoms with E-state index in [9.17, 15) is 14.4 Å². The molecule has 2 N–H and O–H groups in total. The minimum Gasteiger partial charge on any atom is -0.478 e. The third-order valence-corrected chi connectivity index (χ3v) is 4.06. The van der Waals surface area contributed by atoms with Crippen LogP contribution in [0.1, 0.15) is 52.9 Å². The Labute approximate surface area is 130 Å². The van der Waals surface area contributed by atoms with Gasteiger partial charge in [-0.25, -0.2) is 4.79 Å². The first-order chi connectivity index (χ1) is 10.3. The van der Waals surface area contributed by atoms with E-state index < -0.39 is 11.4 Å². The number of rotatable bonds is 7. The fourth-order valence-corrected chi connectivity index (χ4v) is 2.15. The molecule has 124 valence electrons. The molecule has 1 aliphatic rings. The summed E-state index contributed by atoms with van der Waals surface area (Å²) in [5, 5.41) is 11.7. The topological polar surface area (TPSA) is 92.7 Å². The molecular weight excluding hydrogens is 286 g/mol. The van der Waals surface area contributed by atoms with Crippen molar-refractivity contribution in [3.05, 3.63) is 11.1 Å². The zero-order valence-electron chi connectivity index (χ0n) is 13.5. The molecule has 6 heteroatoms. The Hall–Kier alpha value is -1.85. The van der Waals surface area contributed by atoms with Gasteiger partial charge in [-0.2, -0.15) is 0 Å². The van der Waals surface area contributed by atoms with Crippen LogP contribution in [0.5, 0.6) is 0 Å². The predicted molar refractivity (Wildman–Crippen MR) is 81.2 cm³/mol. The Bertz CT molecular complexity index is 479. The van der Waals surface area contributed by atoms with Crippen molar-refractivity contribution in [3.8, 4) is 0 Å². The van der Waals surface area contributed by atoms with Crippen molar-refractivity contribution in [2.45, 2.75) is 52.9 Å². The number of esters is 1. The molecular formula is C16H25NO5. The standard InChI is InChI=1S/C16H25NO5/c1-4-16(2,3)15(21)22-10-9-17-13(18)11-7-5-6-8-12(11)14(19)20/h4-10H2,1-3H3,(H,17,18)(H,19,20). The monoisotopic (exact) mass is 311 g/mol. The SMILES string of the molecule is CCC(C)(C)C(=O)OCCNC(=O)C1=C(C(=O)O)CCCC1. The quantitative estimate of drug-likeness (QED) is 0.554. The fourth-order valence-electron chi connectivity index (χ4n) is 2.15. The van der Waals surface area contributed by atoms with E-state index >= 15 is 0 Å². The van der Waals surface area contributed by atoms with Crippen LogP contribution < -0.4 is 5.32 Å². The number of carbonyl (C=O) groups is 3. The summed E-state index contributed by atoms with van der Waals surface area (Å²) < 4.78 is 5.12. The number of amides is 1. The average Bonchev–Trinajstić information content (AvgIpc) is 2.50. The highest BCUT2D eigenvalue weighted by atomic mass is 16.5. The highest BCUT2D eigenvalue weighted by Gasteiger charge is 2.27. The predicted octanol–water partition coefficient (Wildman–Crippen LogP) is 2.04. The van der Waals surface area contributed by atoms with Crippen molar-refractivity contribution in [2.24, 2.45) is 5.41 Å². The van der Waals surface area contributed by atoms with Crippen molar-refractivity contribution < 1.29 is 24.2 Å². The second kappa shape index (κ2) is 7.96. The molecule has 0 spiro atoms. The summed E-state index contributed by atoms with van der Waals surface area (Å²) in [6.07, 6.45) is 3.20. The van der Waals surface area contributed by atoms with Gasteiger partial charge in [-0.1, -0.05) is 6.92 Å². The van der Waals surface area contributed by atoms with E-state index in [-0.39, 0.29) is 30.6 Å². The van der Waals surface area contributed by atoms with Gasteiger partial charge in [0.2, 0.25) is 5.91 Å². The normalized spacial score (nSPS) is 15.4. The van der Waals surface area contributed by atoms with Crippen molar-refractivity contribution in [2.75, 3.05) is 13.2 Å². The molecule has 0 fully saturated rings. The van der Waals surface area contributed by atoms with Gasteiger partial charge in [0.05, 0.1) is 12.0 Å². The molecule has 0 saturated heterocycles. The molecule has 0 atom stereocenters. The van der Waals surface area contributed by atoms with Crippen molar-refractivity contribution in [3.63, 3.8) is 0 Å². The van der Waals surface area contributed by atoms with Crippen LogP contribution in [0, 0.1) is 5.41 Å². The van der Waals surface area contributed by atoms with Crippen molar-refractivity contribution in [1.29, 1.82) is 0 Å². The third-order valence-electron chi connectivity index (χ3n) is 4.06. The molecule has 0 unspecified atom stereocenters. The smallest absolute Gasteiger partial charge is 0.332 e. The number of carboxylic acids is 1. The number of aliphatic carboxylic acids is 1. The van der Waals surface area contributed by atoms with E-state index in [0.29, 0.717) is 24.8 Å². The van der Waals surface area contributed by atoms with E-state index in [0.717, 1.165) is 12.8 Å². The zero-order chi connectivity index (χ0) is 16.8. The van der Waals surface area contributed by atoms with E-state index in [1.807, 2.05) is 6.92 Å². The number of nitrogens with one attached hydrogen (secondary N) is 1. The van der Waals surface area contributed by atoms with Gasteiger partial charge in [-0.3, -0.25) is 9.59 Å². The molecule has 0 radical (unpaired) electrons. The first-order valence-electron chi connectivity index (χ1n) is 7.70. The molecule has 22 heavy (non-hydrogen) atoms. The largest absolute Gasteiger partial charge is 0.478 e. The minimum atomic E-state index is -1.03. The van der Waals surface area contributed by atoms with Crippen LogP contribution in [0.2, 0.25) is 0 Å². The maximum Gasteiger partial charge on any atom is 0.332 e. The minimum absolute atomic E-state index is 0.0870. The number of hydrogen-bond donors (Lipinski definition) is 2.